The van der Waals surface area contributed by atoms with Crippen LogP contribution in [0.1, 0.15) is 25.3 Å². The molecule has 1 N–H and O–H groups in total. The zero-order valence-electron chi connectivity index (χ0n) is 19.4. The first kappa shape index (κ1) is 26.8. The Bertz CT molecular complexity index is 1200. The van der Waals surface area contributed by atoms with E-state index in [9.17, 15) is 9.59 Å². The van der Waals surface area contributed by atoms with E-state index in [1.54, 1.807) is 47.4 Å². The van der Waals surface area contributed by atoms with Crippen molar-refractivity contribution in [2.24, 2.45) is 0 Å². The minimum absolute atomic E-state index is 0.0285. The molecule has 2 saturated heterocycles. The van der Waals surface area contributed by atoms with E-state index < -0.39 is 0 Å². The van der Waals surface area contributed by atoms with Gasteiger partial charge in [-0.25, -0.2) is 0 Å². The summed E-state index contributed by atoms with van der Waals surface area (Å²) in [5, 5.41) is 3.49. The fourth-order valence-corrected chi connectivity index (χ4v) is 5.45. The largest absolute Gasteiger partial charge is 0.490 e. The second-order valence-electron chi connectivity index (χ2n) is 8.03. The van der Waals surface area contributed by atoms with Gasteiger partial charge in [0.15, 0.2) is 18.1 Å². The number of thioether (sulfide) groups is 1. The molecule has 2 aliphatic heterocycles. The van der Waals surface area contributed by atoms with E-state index in [4.69, 9.17) is 49.6 Å². The molecule has 0 radical (unpaired) electrons. The van der Waals surface area contributed by atoms with Crippen LogP contribution in [0, 0.1) is 0 Å². The minimum atomic E-state index is -0.388. The summed E-state index contributed by atoms with van der Waals surface area (Å²) in [7, 11) is 0. The van der Waals surface area contributed by atoms with Gasteiger partial charge < -0.3 is 19.5 Å². The fourth-order valence-electron chi connectivity index (χ4n) is 3.72. The Morgan fingerprint density at radius 3 is 2.81 bits per heavy atom. The maximum absolute atomic E-state index is 12.9. The van der Waals surface area contributed by atoms with Crippen molar-refractivity contribution in [2.45, 2.75) is 25.9 Å². The standard InChI is InChI=1S/C25H24Cl2N2O5S2/c1-2-32-21-10-15(11-22-24(31)29(25(35)36-22)13-17-4-3-9-33-17)5-8-20(21)34-14-23(30)28-19-7-6-16(26)12-18(19)27/h5-8,10-12,17H,2-4,9,13-14H2,1H3,(H,28,30)/b22-11-/t17-/m0/s1. The van der Waals surface area contributed by atoms with Crippen molar-refractivity contribution < 1.29 is 23.8 Å². The van der Waals surface area contributed by atoms with Gasteiger partial charge in [-0.05, 0) is 61.7 Å². The van der Waals surface area contributed by atoms with Crippen molar-refractivity contribution >= 4 is 75.1 Å². The number of thiocarbonyl (C=S) groups is 1. The van der Waals surface area contributed by atoms with Gasteiger partial charge in [-0.1, -0.05) is 53.2 Å². The molecule has 2 aromatic rings. The first-order valence-corrected chi connectivity index (χ1v) is 13.3. The predicted molar refractivity (Wildman–Crippen MR) is 147 cm³/mol. The zero-order valence-corrected chi connectivity index (χ0v) is 22.6. The highest BCUT2D eigenvalue weighted by molar-refractivity contribution is 8.26. The number of halogens is 2. The van der Waals surface area contributed by atoms with Crippen molar-refractivity contribution in [3.05, 3.63) is 56.9 Å². The summed E-state index contributed by atoms with van der Waals surface area (Å²) in [6.07, 6.45) is 3.73. The number of rotatable bonds is 9. The Balaban J connectivity index is 1.42. The van der Waals surface area contributed by atoms with Gasteiger partial charge in [0.1, 0.15) is 4.32 Å². The van der Waals surface area contributed by atoms with Crippen molar-refractivity contribution in [3.63, 3.8) is 0 Å². The van der Waals surface area contributed by atoms with Gasteiger partial charge >= 0.3 is 0 Å². The summed E-state index contributed by atoms with van der Waals surface area (Å²) in [5.41, 5.74) is 1.19. The van der Waals surface area contributed by atoms with Crippen LogP contribution in [-0.2, 0) is 14.3 Å². The highest BCUT2D eigenvalue weighted by Gasteiger charge is 2.34. The van der Waals surface area contributed by atoms with Crippen LogP contribution in [0.4, 0.5) is 5.69 Å². The number of hydrogen-bond acceptors (Lipinski definition) is 7. The summed E-state index contributed by atoms with van der Waals surface area (Å²) in [6, 6.07) is 10.0. The molecule has 190 valence electrons. The van der Waals surface area contributed by atoms with E-state index >= 15 is 0 Å². The molecule has 2 fully saturated rings. The average Bonchev–Trinajstić information content (AvgIpc) is 3.45. The number of carbonyl (C=O) groups is 2. The Morgan fingerprint density at radius 2 is 2.08 bits per heavy atom. The van der Waals surface area contributed by atoms with Gasteiger partial charge in [-0.2, -0.15) is 0 Å². The number of benzene rings is 2. The van der Waals surface area contributed by atoms with E-state index in [2.05, 4.69) is 5.32 Å². The summed E-state index contributed by atoms with van der Waals surface area (Å²) < 4.78 is 17.6. The van der Waals surface area contributed by atoms with Crippen LogP contribution in [0.2, 0.25) is 10.0 Å². The number of amides is 2. The van der Waals surface area contributed by atoms with Crippen LogP contribution in [0.25, 0.3) is 6.08 Å². The van der Waals surface area contributed by atoms with Crippen LogP contribution < -0.4 is 14.8 Å². The van der Waals surface area contributed by atoms with Crippen LogP contribution >= 0.6 is 47.2 Å². The van der Waals surface area contributed by atoms with Crippen molar-refractivity contribution in [1.82, 2.24) is 4.90 Å². The SMILES string of the molecule is CCOc1cc(/C=C2\SC(=S)N(C[C@@H]3CCCO3)C2=O)ccc1OCC(=O)Nc1ccc(Cl)cc1Cl. The highest BCUT2D eigenvalue weighted by atomic mass is 35.5. The molecular weight excluding hydrogens is 543 g/mol. The Labute approximate surface area is 229 Å². The van der Waals surface area contributed by atoms with E-state index in [0.29, 0.717) is 49.6 Å². The second kappa shape index (κ2) is 12.3. The van der Waals surface area contributed by atoms with E-state index in [-0.39, 0.29) is 24.5 Å². The third-order valence-corrected chi connectivity index (χ3v) is 7.34. The molecule has 0 spiro atoms. The molecule has 2 aliphatic rings. The zero-order chi connectivity index (χ0) is 25.7. The number of nitrogens with one attached hydrogen (secondary N) is 1. The number of ether oxygens (including phenoxy) is 3. The number of anilines is 1. The van der Waals surface area contributed by atoms with Gasteiger partial charge in [-0.15, -0.1) is 0 Å². The normalized spacial score (nSPS) is 18.7. The van der Waals surface area contributed by atoms with Crippen molar-refractivity contribution in [3.8, 4) is 11.5 Å². The molecule has 0 aliphatic carbocycles. The molecule has 0 saturated carbocycles. The van der Waals surface area contributed by atoms with Crippen LogP contribution in [0.15, 0.2) is 41.3 Å². The molecule has 2 amide bonds. The summed E-state index contributed by atoms with van der Waals surface area (Å²) in [6.45, 7) is 3.20. The van der Waals surface area contributed by atoms with Crippen molar-refractivity contribution in [1.29, 1.82) is 0 Å². The molecule has 0 bridgehead atoms. The van der Waals surface area contributed by atoms with Crippen molar-refractivity contribution in [2.75, 3.05) is 31.7 Å². The van der Waals surface area contributed by atoms with Gasteiger partial charge in [0.25, 0.3) is 11.8 Å². The summed E-state index contributed by atoms with van der Waals surface area (Å²) >= 11 is 18.7. The topological polar surface area (TPSA) is 77.1 Å². The molecule has 2 aromatic carbocycles. The third-order valence-electron chi connectivity index (χ3n) is 5.41. The Morgan fingerprint density at radius 1 is 1.25 bits per heavy atom. The number of hydrogen-bond donors (Lipinski definition) is 1. The number of nitrogens with zero attached hydrogens (tertiary/aromatic N) is 1. The van der Waals surface area contributed by atoms with Gasteiger partial charge in [-0.3, -0.25) is 14.5 Å². The lowest BCUT2D eigenvalue weighted by Crippen LogP contribution is -2.35. The van der Waals surface area contributed by atoms with E-state index in [0.717, 1.165) is 25.0 Å². The molecule has 7 nitrogen and oxygen atoms in total. The van der Waals surface area contributed by atoms with Gasteiger partial charge in [0, 0.05) is 11.6 Å². The molecule has 1 atom stereocenters. The van der Waals surface area contributed by atoms with E-state index in [1.165, 1.54) is 11.8 Å². The lowest BCUT2D eigenvalue weighted by atomic mass is 10.1. The molecule has 0 unspecified atom stereocenters. The second-order valence-corrected chi connectivity index (χ2v) is 10.5. The molecule has 0 aromatic heterocycles. The average molecular weight is 568 g/mol. The first-order valence-electron chi connectivity index (χ1n) is 11.4. The lowest BCUT2D eigenvalue weighted by Gasteiger charge is -2.18. The molecule has 36 heavy (non-hydrogen) atoms. The third kappa shape index (κ3) is 6.72. The monoisotopic (exact) mass is 566 g/mol. The summed E-state index contributed by atoms with van der Waals surface area (Å²) in [4.78, 5) is 27.4. The quantitative estimate of drug-likeness (QED) is 0.304. The highest BCUT2D eigenvalue weighted by Crippen LogP contribution is 2.35. The maximum Gasteiger partial charge on any atom is 0.266 e. The molecular formula is C25H24Cl2N2O5S2. The van der Waals surface area contributed by atoms with Crippen LogP contribution in [-0.4, -0.2) is 53.5 Å². The number of carbonyl (C=O) groups excluding carboxylic acids is 2. The van der Waals surface area contributed by atoms with Gasteiger partial charge in [0.05, 0.1) is 34.9 Å². The predicted octanol–water partition coefficient (Wildman–Crippen LogP) is 5.79. The lowest BCUT2D eigenvalue weighted by molar-refractivity contribution is -0.123. The fraction of sp³-hybridized carbons (Fsp3) is 0.320. The van der Waals surface area contributed by atoms with E-state index in [1.807, 2.05) is 6.92 Å². The summed E-state index contributed by atoms with van der Waals surface area (Å²) in [5.74, 6) is 0.340. The maximum atomic E-state index is 12.9. The molecule has 4 rings (SSSR count). The Kier molecular flexibility index (Phi) is 9.14. The minimum Gasteiger partial charge on any atom is -0.490 e. The van der Waals surface area contributed by atoms with Gasteiger partial charge in [0.2, 0.25) is 0 Å². The van der Waals surface area contributed by atoms with Crippen LogP contribution in [0.5, 0.6) is 11.5 Å². The molecule has 11 heteroatoms. The molecule has 2 heterocycles. The smallest absolute Gasteiger partial charge is 0.266 e. The Hall–Kier alpha value is -2.30. The van der Waals surface area contributed by atoms with Crippen LogP contribution in [0.3, 0.4) is 0 Å². The first-order chi connectivity index (χ1) is 17.3.